The smallest absolute Gasteiger partial charge is 0.0549 e. The average Bonchev–Trinajstić information content (AvgIpc) is 2.33. The fraction of sp³-hybridized carbons (Fsp3) is 0.250. The summed E-state index contributed by atoms with van der Waals surface area (Å²) in [5, 5.41) is 4.22. The van der Waals surface area contributed by atoms with Crippen molar-refractivity contribution in [2.45, 2.75) is 26.8 Å². The lowest BCUT2D eigenvalue weighted by molar-refractivity contribution is 0.873. The minimum absolute atomic E-state index is 0.258. The van der Waals surface area contributed by atoms with Crippen LogP contribution in [0.25, 0.3) is 0 Å². The second kappa shape index (κ2) is 5.98. The van der Waals surface area contributed by atoms with Crippen LogP contribution in [-0.4, -0.2) is 0 Å². The van der Waals surface area contributed by atoms with Crippen molar-refractivity contribution in [2.24, 2.45) is 0 Å². The van der Waals surface area contributed by atoms with Crippen LogP contribution < -0.4 is 5.32 Å². The highest BCUT2D eigenvalue weighted by molar-refractivity contribution is 9.10. The molecule has 0 radical (unpaired) electrons. The van der Waals surface area contributed by atoms with Crippen LogP contribution in [0, 0.1) is 13.8 Å². The number of hydrogen-bond donors (Lipinski definition) is 1. The van der Waals surface area contributed by atoms with Crippen LogP contribution in [-0.2, 0) is 0 Å². The number of hydrogen-bond acceptors (Lipinski definition) is 1. The molecule has 0 saturated heterocycles. The summed E-state index contributed by atoms with van der Waals surface area (Å²) < 4.78 is 0.909. The number of anilines is 1. The maximum Gasteiger partial charge on any atom is 0.0549 e. The summed E-state index contributed by atoms with van der Waals surface area (Å²) in [5.41, 5.74) is 4.98. The molecule has 0 spiro atoms. The Morgan fingerprint density at radius 3 is 2.47 bits per heavy atom. The molecule has 2 rings (SSSR count). The summed E-state index contributed by atoms with van der Waals surface area (Å²) in [6.45, 7) is 6.43. The topological polar surface area (TPSA) is 12.0 Å². The zero-order valence-corrected chi connectivity index (χ0v) is 13.6. The molecule has 1 atom stereocenters. The number of rotatable bonds is 3. The van der Waals surface area contributed by atoms with Crippen LogP contribution in [0.4, 0.5) is 5.69 Å². The van der Waals surface area contributed by atoms with E-state index >= 15 is 0 Å². The highest BCUT2D eigenvalue weighted by atomic mass is 79.9. The summed E-state index contributed by atoms with van der Waals surface area (Å²) in [6, 6.07) is 12.7. The van der Waals surface area contributed by atoms with Crippen LogP contribution in [0.5, 0.6) is 0 Å². The van der Waals surface area contributed by atoms with Gasteiger partial charge in [0.15, 0.2) is 0 Å². The molecule has 3 heteroatoms. The molecule has 0 amide bonds. The zero-order valence-electron chi connectivity index (χ0n) is 11.3. The predicted molar refractivity (Wildman–Crippen MR) is 87.1 cm³/mol. The molecule has 19 heavy (non-hydrogen) atoms. The van der Waals surface area contributed by atoms with Crippen LogP contribution in [0.15, 0.2) is 40.9 Å². The van der Waals surface area contributed by atoms with Gasteiger partial charge in [0.1, 0.15) is 0 Å². The van der Waals surface area contributed by atoms with E-state index in [1.807, 2.05) is 18.2 Å². The summed E-state index contributed by atoms with van der Waals surface area (Å²) >= 11 is 9.45. The number of benzene rings is 2. The van der Waals surface area contributed by atoms with E-state index in [-0.39, 0.29) is 6.04 Å². The van der Waals surface area contributed by atoms with E-state index in [4.69, 9.17) is 11.6 Å². The highest BCUT2D eigenvalue weighted by Crippen LogP contribution is 2.28. The van der Waals surface area contributed by atoms with Crippen molar-refractivity contribution in [3.8, 4) is 0 Å². The Kier molecular flexibility index (Phi) is 4.54. The maximum atomic E-state index is 6.00. The molecule has 0 bridgehead atoms. The predicted octanol–water partition coefficient (Wildman–Crippen LogP) is 5.89. The zero-order chi connectivity index (χ0) is 14.0. The third-order valence-corrected chi connectivity index (χ3v) is 4.41. The van der Waals surface area contributed by atoms with Gasteiger partial charge >= 0.3 is 0 Å². The van der Waals surface area contributed by atoms with Gasteiger partial charge < -0.3 is 5.32 Å². The molecule has 0 aliphatic rings. The minimum atomic E-state index is 0.258. The highest BCUT2D eigenvalue weighted by Gasteiger charge is 2.09. The van der Waals surface area contributed by atoms with Crippen molar-refractivity contribution in [3.63, 3.8) is 0 Å². The number of nitrogens with one attached hydrogen (secondary N) is 1. The largest absolute Gasteiger partial charge is 0.378 e. The first-order chi connectivity index (χ1) is 8.97. The van der Waals surface area contributed by atoms with E-state index in [1.165, 1.54) is 16.7 Å². The molecular weight excluding hydrogens is 322 g/mol. The van der Waals surface area contributed by atoms with Gasteiger partial charge in [0.2, 0.25) is 0 Å². The first-order valence-corrected chi connectivity index (χ1v) is 7.43. The molecule has 2 aromatic carbocycles. The molecule has 2 aromatic rings. The normalized spacial score (nSPS) is 12.3. The summed E-state index contributed by atoms with van der Waals surface area (Å²) in [7, 11) is 0. The van der Waals surface area contributed by atoms with E-state index in [0.29, 0.717) is 0 Å². The van der Waals surface area contributed by atoms with E-state index in [1.54, 1.807) is 0 Å². The minimum Gasteiger partial charge on any atom is -0.378 e. The first-order valence-electron chi connectivity index (χ1n) is 6.26. The molecule has 0 saturated carbocycles. The van der Waals surface area contributed by atoms with E-state index in [9.17, 15) is 0 Å². The molecule has 0 aliphatic heterocycles. The molecule has 1 N–H and O–H groups in total. The van der Waals surface area contributed by atoms with Crippen molar-refractivity contribution in [3.05, 3.63) is 62.6 Å². The van der Waals surface area contributed by atoms with Gasteiger partial charge in [-0.2, -0.15) is 0 Å². The molecule has 0 aliphatic carbocycles. The SMILES string of the molecule is Cc1ccc(C(C)Nc2ccc(Cl)c(Br)c2)c(C)c1. The van der Waals surface area contributed by atoms with Gasteiger partial charge in [0.05, 0.1) is 5.02 Å². The Morgan fingerprint density at radius 2 is 1.84 bits per heavy atom. The van der Waals surface area contributed by atoms with E-state index in [0.717, 1.165) is 15.2 Å². The molecule has 0 fully saturated rings. The first kappa shape index (κ1) is 14.4. The van der Waals surface area contributed by atoms with Gasteiger partial charge in [0.25, 0.3) is 0 Å². The van der Waals surface area contributed by atoms with Crippen molar-refractivity contribution < 1.29 is 0 Å². The lowest BCUT2D eigenvalue weighted by atomic mass is 10.00. The third-order valence-electron chi connectivity index (χ3n) is 3.19. The summed E-state index contributed by atoms with van der Waals surface area (Å²) in [6.07, 6.45) is 0. The molecule has 1 unspecified atom stereocenters. The summed E-state index contributed by atoms with van der Waals surface area (Å²) in [4.78, 5) is 0. The average molecular weight is 339 g/mol. The maximum absolute atomic E-state index is 6.00. The molecular formula is C16H17BrClN. The van der Waals surface area contributed by atoms with Crippen molar-refractivity contribution in [2.75, 3.05) is 5.32 Å². The third kappa shape index (κ3) is 3.52. The Bertz CT molecular complexity index is 595. The van der Waals surface area contributed by atoms with Gasteiger partial charge in [-0.25, -0.2) is 0 Å². The molecule has 1 nitrogen and oxygen atoms in total. The summed E-state index contributed by atoms with van der Waals surface area (Å²) in [5.74, 6) is 0. The van der Waals surface area contributed by atoms with Crippen molar-refractivity contribution in [1.29, 1.82) is 0 Å². The van der Waals surface area contributed by atoms with Crippen molar-refractivity contribution >= 4 is 33.2 Å². The Labute approximate surface area is 128 Å². The molecule has 0 heterocycles. The van der Waals surface area contributed by atoms with Crippen LogP contribution in [0.3, 0.4) is 0 Å². The van der Waals surface area contributed by atoms with Gasteiger partial charge in [0, 0.05) is 16.2 Å². The Balaban J connectivity index is 2.20. The second-order valence-electron chi connectivity index (χ2n) is 4.85. The Hall–Kier alpha value is -0.990. The number of aryl methyl sites for hydroxylation is 2. The lowest BCUT2D eigenvalue weighted by Crippen LogP contribution is -2.08. The fourth-order valence-electron chi connectivity index (χ4n) is 2.23. The lowest BCUT2D eigenvalue weighted by Gasteiger charge is -2.18. The van der Waals surface area contributed by atoms with Gasteiger partial charge in [-0.3, -0.25) is 0 Å². The Morgan fingerprint density at radius 1 is 1.11 bits per heavy atom. The van der Waals surface area contributed by atoms with Gasteiger partial charge in [-0.1, -0.05) is 35.4 Å². The number of halogens is 2. The van der Waals surface area contributed by atoms with Crippen LogP contribution in [0.2, 0.25) is 5.02 Å². The second-order valence-corrected chi connectivity index (χ2v) is 6.12. The van der Waals surface area contributed by atoms with E-state index in [2.05, 4.69) is 60.2 Å². The van der Waals surface area contributed by atoms with Crippen LogP contribution in [0.1, 0.15) is 29.7 Å². The molecule has 100 valence electrons. The monoisotopic (exact) mass is 337 g/mol. The quantitative estimate of drug-likeness (QED) is 0.735. The standard InChI is InChI=1S/C16H17BrClN/c1-10-4-6-14(11(2)8-10)12(3)19-13-5-7-16(18)15(17)9-13/h4-9,12,19H,1-3H3. The van der Waals surface area contributed by atoms with Gasteiger partial charge in [-0.05, 0) is 66.0 Å². The van der Waals surface area contributed by atoms with Crippen LogP contribution >= 0.6 is 27.5 Å². The fourth-order valence-corrected chi connectivity index (χ4v) is 2.72. The van der Waals surface area contributed by atoms with E-state index < -0.39 is 0 Å². The van der Waals surface area contributed by atoms with Crippen molar-refractivity contribution in [1.82, 2.24) is 0 Å². The molecule has 0 aromatic heterocycles. The van der Waals surface area contributed by atoms with Gasteiger partial charge in [-0.15, -0.1) is 0 Å².